The summed E-state index contributed by atoms with van der Waals surface area (Å²) in [6.07, 6.45) is 0. The van der Waals surface area contributed by atoms with Crippen LogP contribution >= 0.6 is 39.1 Å². The Morgan fingerprint density at radius 1 is 1.62 bits per heavy atom. The van der Waals surface area contributed by atoms with Crippen LogP contribution in [0.2, 0.25) is 10.3 Å². The summed E-state index contributed by atoms with van der Waals surface area (Å²) in [6.45, 7) is 0. The number of methoxy groups -OCH3 is 1. The van der Waals surface area contributed by atoms with E-state index in [1.54, 1.807) is 0 Å². The SMILES string of the molecule is COC(=O)c1cc(Cl)nc(Cl)c1Br. The Balaban J connectivity index is 3.28. The van der Waals surface area contributed by atoms with Crippen molar-refractivity contribution >= 4 is 45.1 Å². The maximum absolute atomic E-state index is 11.1. The molecular formula is C7H4BrCl2NO2. The highest BCUT2D eigenvalue weighted by Crippen LogP contribution is 2.27. The Bertz CT molecular complexity index is 357. The number of esters is 1. The molecule has 0 spiro atoms. The van der Waals surface area contributed by atoms with E-state index in [0.29, 0.717) is 4.47 Å². The number of rotatable bonds is 1. The highest BCUT2D eigenvalue weighted by Gasteiger charge is 2.14. The smallest absolute Gasteiger partial charge is 0.339 e. The summed E-state index contributed by atoms with van der Waals surface area (Å²) >= 11 is 14.4. The zero-order valence-corrected chi connectivity index (χ0v) is 9.57. The van der Waals surface area contributed by atoms with E-state index in [9.17, 15) is 4.79 Å². The number of pyridine rings is 1. The van der Waals surface area contributed by atoms with Gasteiger partial charge in [0.15, 0.2) is 0 Å². The molecule has 0 N–H and O–H groups in total. The first-order chi connectivity index (χ1) is 6.06. The molecule has 0 aliphatic heterocycles. The van der Waals surface area contributed by atoms with Gasteiger partial charge in [-0.2, -0.15) is 0 Å². The van der Waals surface area contributed by atoms with Crippen molar-refractivity contribution in [1.82, 2.24) is 4.98 Å². The lowest BCUT2D eigenvalue weighted by atomic mass is 10.3. The number of nitrogens with zero attached hydrogens (tertiary/aromatic N) is 1. The Morgan fingerprint density at radius 2 is 2.23 bits per heavy atom. The van der Waals surface area contributed by atoms with Gasteiger partial charge in [0.05, 0.1) is 17.1 Å². The van der Waals surface area contributed by atoms with Crippen LogP contribution in [0.4, 0.5) is 0 Å². The van der Waals surface area contributed by atoms with E-state index in [4.69, 9.17) is 23.2 Å². The Kier molecular flexibility index (Phi) is 3.53. The van der Waals surface area contributed by atoms with Crippen LogP contribution in [-0.4, -0.2) is 18.1 Å². The molecule has 1 aromatic rings. The molecule has 0 aliphatic carbocycles. The number of carbonyl (C=O) groups excluding carboxylic acids is 1. The third-order valence-electron chi connectivity index (χ3n) is 1.29. The lowest BCUT2D eigenvalue weighted by molar-refractivity contribution is 0.0599. The van der Waals surface area contributed by atoms with Gasteiger partial charge < -0.3 is 4.74 Å². The fourth-order valence-electron chi connectivity index (χ4n) is 0.727. The van der Waals surface area contributed by atoms with E-state index in [1.165, 1.54) is 13.2 Å². The molecule has 1 aromatic heterocycles. The third-order valence-corrected chi connectivity index (χ3v) is 2.79. The lowest BCUT2D eigenvalue weighted by Crippen LogP contribution is -2.03. The van der Waals surface area contributed by atoms with Gasteiger partial charge in [-0.25, -0.2) is 9.78 Å². The van der Waals surface area contributed by atoms with Gasteiger partial charge in [-0.1, -0.05) is 23.2 Å². The monoisotopic (exact) mass is 283 g/mol. The lowest BCUT2D eigenvalue weighted by Gasteiger charge is -2.03. The van der Waals surface area contributed by atoms with Gasteiger partial charge in [0.25, 0.3) is 0 Å². The summed E-state index contributed by atoms with van der Waals surface area (Å²) in [7, 11) is 1.27. The fourth-order valence-corrected chi connectivity index (χ4v) is 1.52. The number of hydrogen-bond donors (Lipinski definition) is 0. The molecule has 0 radical (unpaired) electrons. The number of aromatic nitrogens is 1. The van der Waals surface area contributed by atoms with E-state index < -0.39 is 5.97 Å². The van der Waals surface area contributed by atoms with Crippen LogP contribution in [-0.2, 0) is 4.74 Å². The van der Waals surface area contributed by atoms with Crippen LogP contribution in [0.1, 0.15) is 10.4 Å². The number of ether oxygens (including phenoxy) is 1. The minimum Gasteiger partial charge on any atom is -0.465 e. The fraction of sp³-hybridized carbons (Fsp3) is 0.143. The predicted molar refractivity (Wildman–Crippen MR) is 53.3 cm³/mol. The van der Waals surface area contributed by atoms with Gasteiger partial charge in [0.1, 0.15) is 10.3 Å². The summed E-state index contributed by atoms with van der Waals surface area (Å²) in [5.74, 6) is -0.516. The molecule has 1 heterocycles. The molecule has 6 heteroatoms. The van der Waals surface area contributed by atoms with Gasteiger partial charge in [0, 0.05) is 0 Å². The molecule has 70 valence electrons. The summed E-state index contributed by atoms with van der Waals surface area (Å²) in [5.41, 5.74) is 0.257. The van der Waals surface area contributed by atoms with Crippen molar-refractivity contribution < 1.29 is 9.53 Å². The molecule has 0 saturated heterocycles. The van der Waals surface area contributed by atoms with Crippen molar-refractivity contribution in [2.75, 3.05) is 7.11 Å². The Labute approximate surface area is 93.1 Å². The van der Waals surface area contributed by atoms with Crippen LogP contribution < -0.4 is 0 Å². The van der Waals surface area contributed by atoms with E-state index in [2.05, 4.69) is 25.7 Å². The molecule has 1 rings (SSSR count). The first kappa shape index (κ1) is 10.8. The second-order valence-corrected chi connectivity index (χ2v) is 3.63. The predicted octanol–water partition coefficient (Wildman–Crippen LogP) is 2.94. The van der Waals surface area contributed by atoms with E-state index >= 15 is 0 Å². The highest BCUT2D eigenvalue weighted by atomic mass is 79.9. The highest BCUT2D eigenvalue weighted by molar-refractivity contribution is 9.10. The standard InChI is InChI=1S/C7H4BrCl2NO2/c1-13-7(12)3-2-4(9)11-6(10)5(3)8/h2H,1H3. The van der Waals surface area contributed by atoms with E-state index in [0.717, 1.165) is 0 Å². The molecule has 0 aliphatic rings. The molecule has 0 amide bonds. The van der Waals surface area contributed by atoms with Crippen LogP contribution in [0.3, 0.4) is 0 Å². The molecule has 0 atom stereocenters. The third kappa shape index (κ3) is 2.33. The van der Waals surface area contributed by atoms with Crippen LogP contribution in [0.25, 0.3) is 0 Å². The van der Waals surface area contributed by atoms with Crippen molar-refractivity contribution in [2.45, 2.75) is 0 Å². The van der Waals surface area contributed by atoms with Gasteiger partial charge >= 0.3 is 5.97 Å². The second kappa shape index (κ2) is 4.26. The van der Waals surface area contributed by atoms with Gasteiger partial charge in [0.2, 0.25) is 0 Å². The summed E-state index contributed by atoms with van der Waals surface area (Å²) in [6, 6.07) is 1.38. The van der Waals surface area contributed by atoms with Crippen LogP contribution in [0.5, 0.6) is 0 Å². The Hall–Kier alpha value is -0.320. The summed E-state index contributed by atoms with van der Waals surface area (Å²) in [4.78, 5) is 14.9. The van der Waals surface area contributed by atoms with E-state index in [1.807, 2.05) is 0 Å². The topological polar surface area (TPSA) is 39.2 Å². The van der Waals surface area contributed by atoms with Gasteiger partial charge in [-0.05, 0) is 22.0 Å². The molecular weight excluding hydrogens is 281 g/mol. The molecule has 3 nitrogen and oxygen atoms in total. The van der Waals surface area contributed by atoms with Crippen molar-refractivity contribution in [3.8, 4) is 0 Å². The molecule has 0 aromatic carbocycles. The quantitative estimate of drug-likeness (QED) is 0.588. The van der Waals surface area contributed by atoms with Crippen molar-refractivity contribution in [3.63, 3.8) is 0 Å². The number of halogens is 3. The van der Waals surface area contributed by atoms with Crippen molar-refractivity contribution in [1.29, 1.82) is 0 Å². The molecule has 0 unspecified atom stereocenters. The average Bonchev–Trinajstić information content (AvgIpc) is 2.10. The summed E-state index contributed by atoms with van der Waals surface area (Å²) in [5, 5.41) is 0.279. The Morgan fingerprint density at radius 3 is 2.77 bits per heavy atom. The summed E-state index contributed by atoms with van der Waals surface area (Å²) < 4.78 is 4.89. The van der Waals surface area contributed by atoms with Gasteiger partial charge in [-0.3, -0.25) is 0 Å². The number of hydrogen-bond acceptors (Lipinski definition) is 3. The minimum atomic E-state index is -0.516. The van der Waals surface area contributed by atoms with E-state index in [-0.39, 0.29) is 15.9 Å². The first-order valence-corrected chi connectivity index (χ1v) is 4.71. The zero-order valence-electron chi connectivity index (χ0n) is 6.47. The average molecular weight is 285 g/mol. The maximum Gasteiger partial charge on any atom is 0.339 e. The largest absolute Gasteiger partial charge is 0.465 e. The minimum absolute atomic E-state index is 0.132. The van der Waals surface area contributed by atoms with Crippen molar-refractivity contribution in [3.05, 3.63) is 26.4 Å². The van der Waals surface area contributed by atoms with Gasteiger partial charge in [-0.15, -0.1) is 0 Å². The molecule has 0 fully saturated rings. The van der Waals surface area contributed by atoms with Crippen LogP contribution in [0.15, 0.2) is 10.5 Å². The maximum atomic E-state index is 11.1. The normalized spacial score (nSPS) is 9.85. The second-order valence-electron chi connectivity index (χ2n) is 2.09. The molecule has 0 saturated carbocycles. The van der Waals surface area contributed by atoms with Crippen molar-refractivity contribution in [2.24, 2.45) is 0 Å². The first-order valence-electron chi connectivity index (χ1n) is 3.16. The number of carbonyl (C=O) groups is 1. The molecule has 0 bridgehead atoms. The van der Waals surface area contributed by atoms with Crippen LogP contribution in [0, 0.1) is 0 Å². The molecule has 13 heavy (non-hydrogen) atoms. The zero-order chi connectivity index (χ0) is 10.0.